The van der Waals surface area contributed by atoms with Crippen LogP contribution in [0.5, 0.6) is 0 Å². The van der Waals surface area contributed by atoms with Crippen LogP contribution in [-0.2, 0) is 21.3 Å². The number of rotatable bonds is 11. The molecule has 30 heavy (non-hydrogen) atoms. The predicted molar refractivity (Wildman–Crippen MR) is 133 cm³/mol. The van der Waals surface area contributed by atoms with Crippen LogP contribution >= 0.6 is 24.0 Å². The fourth-order valence-corrected chi connectivity index (χ4v) is 4.71. The van der Waals surface area contributed by atoms with Crippen LogP contribution in [0, 0.1) is 5.41 Å². The van der Waals surface area contributed by atoms with Gasteiger partial charge < -0.3 is 15.4 Å². The normalized spacial score (nSPS) is 16.2. The van der Waals surface area contributed by atoms with Gasteiger partial charge in [0.25, 0.3) is 0 Å². The molecule has 1 saturated carbocycles. The molecule has 7 nitrogen and oxygen atoms in total. The third-order valence-electron chi connectivity index (χ3n) is 5.64. The number of guanidine groups is 1. The number of benzene rings is 1. The van der Waals surface area contributed by atoms with Crippen molar-refractivity contribution in [3.63, 3.8) is 0 Å². The maximum Gasteiger partial charge on any atom is 0.240 e. The Morgan fingerprint density at radius 3 is 2.37 bits per heavy atom. The largest absolute Gasteiger partial charge is 0.383 e. The SMILES string of the molecule is CCNC(=NCc1ccc(S(=O)(=O)NCCOC)cc1)NCC1(CC)CCCC1.I. The van der Waals surface area contributed by atoms with Crippen molar-refractivity contribution in [2.45, 2.75) is 57.4 Å². The molecule has 3 N–H and O–H groups in total. The molecule has 0 aliphatic heterocycles. The minimum atomic E-state index is -3.51. The highest BCUT2D eigenvalue weighted by Crippen LogP contribution is 2.40. The van der Waals surface area contributed by atoms with E-state index in [1.165, 1.54) is 39.2 Å². The number of halogens is 1. The molecule has 0 aromatic heterocycles. The van der Waals surface area contributed by atoms with E-state index in [-0.39, 0.29) is 35.4 Å². The lowest BCUT2D eigenvalue weighted by Crippen LogP contribution is -2.42. The van der Waals surface area contributed by atoms with Gasteiger partial charge in [0.15, 0.2) is 5.96 Å². The maximum atomic E-state index is 12.2. The summed E-state index contributed by atoms with van der Waals surface area (Å²) in [6, 6.07) is 6.85. The zero-order chi connectivity index (χ0) is 21.2. The third-order valence-corrected chi connectivity index (χ3v) is 7.12. The highest BCUT2D eigenvalue weighted by atomic mass is 127. The number of aliphatic imine (C=N–C) groups is 1. The highest BCUT2D eigenvalue weighted by molar-refractivity contribution is 14.0. The Morgan fingerprint density at radius 2 is 1.80 bits per heavy atom. The molecule has 2 rings (SSSR count). The van der Waals surface area contributed by atoms with E-state index in [1.54, 1.807) is 12.1 Å². The Kier molecular flexibility index (Phi) is 12.2. The van der Waals surface area contributed by atoms with Crippen LogP contribution < -0.4 is 15.4 Å². The number of methoxy groups -OCH3 is 1. The molecule has 0 atom stereocenters. The van der Waals surface area contributed by atoms with Crippen molar-refractivity contribution < 1.29 is 13.2 Å². The zero-order valence-electron chi connectivity index (χ0n) is 18.4. The highest BCUT2D eigenvalue weighted by Gasteiger charge is 2.31. The number of nitrogens with one attached hydrogen (secondary N) is 3. The number of nitrogens with zero attached hydrogens (tertiary/aromatic N) is 1. The fraction of sp³-hybridized carbons (Fsp3) is 0.667. The summed E-state index contributed by atoms with van der Waals surface area (Å²) in [6.45, 7) is 7.16. The van der Waals surface area contributed by atoms with Crippen LogP contribution in [0.2, 0.25) is 0 Å². The Morgan fingerprint density at radius 1 is 1.13 bits per heavy atom. The second-order valence-electron chi connectivity index (χ2n) is 7.64. The Hall–Kier alpha value is -0.910. The van der Waals surface area contributed by atoms with Crippen molar-refractivity contribution in [3.8, 4) is 0 Å². The lowest BCUT2D eigenvalue weighted by Gasteiger charge is -2.28. The zero-order valence-corrected chi connectivity index (χ0v) is 21.5. The first-order chi connectivity index (χ1) is 13.9. The van der Waals surface area contributed by atoms with Gasteiger partial charge in [0, 0.05) is 26.7 Å². The van der Waals surface area contributed by atoms with Crippen molar-refractivity contribution in [3.05, 3.63) is 29.8 Å². The van der Waals surface area contributed by atoms with E-state index in [1.807, 2.05) is 12.1 Å². The second-order valence-corrected chi connectivity index (χ2v) is 9.41. The molecule has 0 saturated heterocycles. The van der Waals surface area contributed by atoms with Gasteiger partial charge in [-0.25, -0.2) is 18.1 Å². The monoisotopic (exact) mass is 552 g/mol. The van der Waals surface area contributed by atoms with Gasteiger partial charge in [0.05, 0.1) is 18.0 Å². The molecule has 1 aliphatic rings. The molecular weight excluding hydrogens is 515 g/mol. The van der Waals surface area contributed by atoms with Crippen LogP contribution in [0.15, 0.2) is 34.2 Å². The van der Waals surface area contributed by atoms with Gasteiger partial charge >= 0.3 is 0 Å². The first-order valence-corrected chi connectivity index (χ1v) is 12.0. The summed E-state index contributed by atoms with van der Waals surface area (Å²) in [5.41, 5.74) is 1.35. The molecule has 0 bridgehead atoms. The van der Waals surface area contributed by atoms with E-state index in [0.29, 0.717) is 18.6 Å². The summed E-state index contributed by atoms with van der Waals surface area (Å²) >= 11 is 0. The first-order valence-electron chi connectivity index (χ1n) is 10.5. The van der Waals surface area contributed by atoms with Gasteiger partial charge in [-0.15, -0.1) is 24.0 Å². The fourth-order valence-electron chi connectivity index (χ4n) is 3.70. The first kappa shape index (κ1) is 27.1. The summed E-state index contributed by atoms with van der Waals surface area (Å²) in [6.07, 6.45) is 6.39. The van der Waals surface area contributed by atoms with Crippen molar-refractivity contribution in [2.24, 2.45) is 10.4 Å². The third kappa shape index (κ3) is 8.32. The van der Waals surface area contributed by atoms with Crippen LogP contribution in [-0.4, -0.2) is 47.7 Å². The summed E-state index contributed by atoms with van der Waals surface area (Å²) in [7, 11) is -1.97. The molecular formula is C21H37IN4O3S. The van der Waals surface area contributed by atoms with Crippen molar-refractivity contribution in [2.75, 3.05) is 33.4 Å². The average molecular weight is 553 g/mol. The number of sulfonamides is 1. The van der Waals surface area contributed by atoms with Crippen molar-refractivity contribution in [1.82, 2.24) is 15.4 Å². The number of hydrogen-bond donors (Lipinski definition) is 3. The summed E-state index contributed by atoms with van der Waals surface area (Å²) < 4.78 is 31.8. The van der Waals surface area contributed by atoms with Crippen molar-refractivity contribution in [1.29, 1.82) is 0 Å². The summed E-state index contributed by atoms with van der Waals surface area (Å²) in [5, 5.41) is 6.81. The van der Waals surface area contributed by atoms with E-state index in [4.69, 9.17) is 4.74 Å². The average Bonchev–Trinajstić information content (AvgIpc) is 3.20. The molecule has 0 heterocycles. The van der Waals surface area contributed by atoms with E-state index < -0.39 is 10.0 Å². The quantitative estimate of drug-likeness (QED) is 0.170. The van der Waals surface area contributed by atoms with E-state index in [0.717, 1.165) is 24.6 Å². The molecule has 172 valence electrons. The van der Waals surface area contributed by atoms with Crippen LogP contribution in [0.4, 0.5) is 0 Å². The van der Waals surface area contributed by atoms with Gasteiger partial charge in [-0.1, -0.05) is 31.9 Å². The molecule has 0 spiro atoms. The number of ether oxygens (including phenoxy) is 1. The minimum absolute atomic E-state index is 0. The standard InChI is InChI=1S/C21H36N4O3S.HI/c1-4-21(12-6-7-13-21)17-24-20(22-5-2)23-16-18-8-10-19(11-9-18)29(26,27)25-14-15-28-3;/h8-11,25H,4-7,12-17H2,1-3H3,(H2,22,23,24);1H. The van der Waals surface area contributed by atoms with Gasteiger partial charge in [0.2, 0.25) is 10.0 Å². The lowest BCUT2D eigenvalue weighted by molar-refractivity contribution is 0.204. The summed E-state index contributed by atoms with van der Waals surface area (Å²) in [4.78, 5) is 4.92. The Bertz CT molecular complexity index is 748. The van der Waals surface area contributed by atoms with Gasteiger partial charge in [0.1, 0.15) is 0 Å². The molecule has 1 aromatic carbocycles. The van der Waals surface area contributed by atoms with Gasteiger partial charge in [-0.05, 0) is 49.3 Å². The summed E-state index contributed by atoms with van der Waals surface area (Å²) in [5.74, 6) is 0.810. The van der Waals surface area contributed by atoms with Crippen LogP contribution in [0.1, 0.15) is 51.5 Å². The smallest absolute Gasteiger partial charge is 0.240 e. The van der Waals surface area contributed by atoms with E-state index in [2.05, 4.69) is 34.2 Å². The van der Waals surface area contributed by atoms with E-state index in [9.17, 15) is 8.42 Å². The molecule has 1 aromatic rings. The Labute approximate surface area is 198 Å². The van der Waals surface area contributed by atoms with Crippen LogP contribution in [0.25, 0.3) is 0 Å². The van der Waals surface area contributed by atoms with Gasteiger partial charge in [-0.3, -0.25) is 0 Å². The number of hydrogen-bond acceptors (Lipinski definition) is 4. The Balaban J connectivity index is 0.00000450. The molecule has 0 radical (unpaired) electrons. The predicted octanol–water partition coefficient (Wildman–Crippen LogP) is 3.25. The molecule has 0 unspecified atom stereocenters. The van der Waals surface area contributed by atoms with Gasteiger partial charge in [-0.2, -0.15) is 0 Å². The van der Waals surface area contributed by atoms with Crippen LogP contribution in [0.3, 0.4) is 0 Å². The molecule has 0 amide bonds. The topological polar surface area (TPSA) is 91.8 Å². The maximum absolute atomic E-state index is 12.2. The second kappa shape index (κ2) is 13.5. The molecule has 9 heteroatoms. The lowest BCUT2D eigenvalue weighted by atomic mass is 9.83. The minimum Gasteiger partial charge on any atom is -0.383 e. The molecule has 1 fully saturated rings. The van der Waals surface area contributed by atoms with E-state index >= 15 is 0 Å². The van der Waals surface area contributed by atoms with Crippen molar-refractivity contribution >= 4 is 40.0 Å². The molecule has 1 aliphatic carbocycles.